The van der Waals surface area contributed by atoms with Gasteiger partial charge in [-0.05, 0) is 33.5 Å². The topological polar surface area (TPSA) is 47.0 Å². The maximum absolute atomic E-state index is 5.21. The highest BCUT2D eigenvalue weighted by Crippen LogP contribution is 2.35. The van der Waals surface area contributed by atoms with Gasteiger partial charge in [0.05, 0.1) is 21.7 Å². The number of nitrogens with zero attached hydrogens (tertiary/aromatic N) is 2. The SMILES string of the molecule is CNc1nc(-c2ccc(C(C)(C)C)s2)nc(COC)c1Br. The Kier molecular flexibility index (Phi) is 5.01. The van der Waals surface area contributed by atoms with Gasteiger partial charge in [-0.2, -0.15) is 0 Å². The molecule has 2 aromatic heterocycles. The molecule has 0 unspecified atom stereocenters. The molecule has 21 heavy (non-hydrogen) atoms. The largest absolute Gasteiger partial charge is 0.378 e. The van der Waals surface area contributed by atoms with Gasteiger partial charge >= 0.3 is 0 Å². The van der Waals surface area contributed by atoms with Crippen molar-refractivity contribution in [1.82, 2.24) is 9.97 Å². The van der Waals surface area contributed by atoms with Crippen LogP contribution in [0.1, 0.15) is 31.3 Å². The van der Waals surface area contributed by atoms with E-state index in [4.69, 9.17) is 4.74 Å². The van der Waals surface area contributed by atoms with Crippen molar-refractivity contribution >= 4 is 33.1 Å². The maximum Gasteiger partial charge on any atom is 0.172 e. The predicted molar refractivity (Wildman–Crippen MR) is 92.0 cm³/mol. The zero-order valence-electron chi connectivity index (χ0n) is 13.0. The Hall–Kier alpha value is -0.980. The van der Waals surface area contributed by atoms with Crippen molar-refractivity contribution in [2.75, 3.05) is 19.5 Å². The molecular weight excluding hydrogens is 350 g/mol. The minimum Gasteiger partial charge on any atom is -0.378 e. The number of hydrogen-bond acceptors (Lipinski definition) is 5. The number of anilines is 1. The second-order valence-electron chi connectivity index (χ2n) is 5.75. The number of halogens is 1. The average molecular weight is 370 g/mol. The Morgan fingerprint density at radius 2 is 2.00 bits per heavy atom. The predicted octanol–water partition coefficient (Wildman–Crippen LogP) is 4.45. The van der Waals surface area contributed by atoms with Crippen LogP contribution in [0.15, 0.2) is 16.6 Å². The number of hydrogen-bond donors (Lipinski definition) is 1. The molecule has 0 aliphatic rings. The van der Waals surface area contributed by atoms with E-state index in [0.717, 1.165) is 26.7 Å². The molecule has 0 aromatic carbocycles. The lowest BCUT2D eigenvalue weighted by Crippen LogP contribution is -2.07. The molecule has 0 radical (unpaired) electrons. The van der Waals surface area contributed by atoms with Gasteiger partial charge in [0.1, 0.15) is 5.82 Å². The third-order valence-corrected chi connectivity index (χ3v) is 5.34. The molecule has 4 nitrogen and oxygen atoms in total. The van der Waals surface area contributed by atoms with Crippen LogP contribution in [0.3, 0.4) is 0 Å². The Balaban J connectivity index is 2.48. The van der Waals surface area contributed by atoms with E-state index in [1.165, 1.54) is 4.88 Å². The molecule has 2 rings (SSSR count). The van der Waals surface area contributed by atoms with Crippen molar-refractivity contribution in [3.05, 3.63) is 27.2 Å². The molecule has 0 aliphatic carbocycles. The first-order valence-electron chi connectivity index (χ1n) is 6.70. The van der Waals surface area contributed by atoms with Crippen molar-refractivity contribution < 1.29 is 4.74 Å². The molecule has 0 saturated heterocycles. The van der Waals surface area contributed by atoms with Crippen LogP contribution in [-0.4, -0.2) is 24.1 Å². The van der Waals surface area contributed by atoms with Crippen LogP contribution in [0.5, 0.6) is 0 Å². The van der Waals surface area contributed by atoms with Crippen LogP contribution >= 0.6 is 27.3 Å². The van der Waals surface area contributed by atoms with E-state index < -0.39 is 0 Å². The zero-order chi connectivity index (χ0) is 15.6. The lowest BCUT2D eigenvalue weighted by atomic mass is 9.95. The Morgan fingerprint density at radius 1 is 1.29 bits per heavy atom. The summed E-state index contributed by atoms with van der Waals surface area (Å²) in [5.41, 5.74) is 0.983. The molecule has 0 aliphatic heterocycles. The summed E-state index contributed by atoms with van der Waals surface area (Å²) in [5.74, 6) is 1.51. The van der Waals surface area contributed by atoms with Crippen LogP contribution in [0.25, 0.3) is 10.7 Å². The minimum absolute atomic E-state index is 0.138. The fraction of sp³-hybridized carbons (Fsp3) is 0.467. The molecule has 0 bridgehead atoms. The van der Waals surface area contributed by atoms with E-state index in [9.17, 15) is 0 Å². The second-order valence-corrected chi connectivity index (χ2v) is 7.63. The highest BCUT2D eigenvalue weighted by molar-refractivity contribution is 9.10. The molecule has 1 N–H and O–H groups in total. The van der Waals surface area contributed by atoms with Crippen molar-refractivity contribution in [2.24, 2.45) is 0 Å². The van der Waals surface area contributed by atoms with Gasteiger partial charge in [-0.3, -0.25) is 0 Å². The molecule has 0 fully saturated rings. The first-order chi connectivity index (χ1) is 9.86. The number of thiophene rings is 1. The summed E-state index contributed by atoms with van der Waals surface area (Å²) in [6.07, 6.45) is 0. The number of rotatable bonds is 4. The molecule has 114 valence electrons. The van der Waals surface area contributed by atoms with Crippen LogP contribution in [0.2, 0.25) is 0 Å². The van der Waals surface area contributed by atoms with Crippen molar-refractivity contribution in [1.29, 1.82) is 0 Å². The van der Waals surface area contributed by atoms with E-state index in [2.05, 4.69) is 64.1 Å². The molecule has 0 amide bonds. The number of methoxy groups -OCH3 is 1. The van der Waals surface area contributed by atoms with Crippen LogP contribution in [-0.2, 0) is 16.8 Å². The molecule has 2 heterocycles. The minimum atomic E-state index is 0.138. The van der Waals surface area contributed by atoms with E-state index in [1.807, 2.05) is 7.05 Å². The summed E-state index contributed by atoms with van der Waals surface area (Å²) in [6, 6.07) is 4.24. The highest BCUT2D eigenvalue weighted by atomic mass is 79.9. The highest BCUT2D eigenvalue weighted by Gasteiger charge is 2.19. The van der Waals surface area contributed by atoms with Gasteiger partial charge in [0.15, 0.2) is 5.82 Å². The summed E-state index contributed by atoms with van der Waals surface area (Å²) >= 11 is 5.26. The lowest BCUT2D eigenvalue weighted by Gasteiger charge is -2.15. The van der Waals surface area contributed by atoms with E-state index in [0.29, 0.717) is 6.61 Å². The molecule has 0 saturated carbocycles. The molecule has 2 aromatic rings. The summed E-state index contributed by atoms with van der Waals surface area (Å²) in [4.78, 5) is 11.6. The van der Waals surface area contributed by atoms with Gasteiger partial charge in [0.25, 0.3) is 0 Å². The number of nitrogens with one attached hydrogen (secondary N) is 1. The summed E-state index contributed by atoms with van der Waals surface area (Å²) in [7, 11) is 3.51. The van der Waals surface area contributed by atoms with E-state index in [-0.39, 0.29) is 5.41 Å². The maximum atomic E-state index is 5.21. The number of ether oxygens (including phenoxy) is 1. The fourth-order valence-corrected chi connectivity index (χ4v) is 3.35. The third-order valence-electron chi connectivity index (χ3n) is 3.00. The van der Waals surface area contributed by atoms with Gasteiger partial charge < -0.3 is 10.1 Å². The monoisotopic (exact) mass is 369 g/mol. The standard InChI is InChI=1S/C15H20BrN3OS/c1-15(2,3)11-7-6-10(21-11)13-18-9(8-20-5)12(16)14(17-4)19-13/h6-7H,8H2,1-5H3,(H,17,18,19). The smallest absolute Gasteiger partial charge is 0.172 e. The number of aromatic nitrogens is 2. The lowest BCUT2D eigenvalue weighted by molar-refractivity contribution is 0.181. The van der Waals surface area contributed by atoms with Gasteiger partial charge in [-0.25, -0.2) is 9.97 Å². The van der Waals surface area contributed by atoms with Crippen LogP contribution in [0, 0.1) is 0 Å². The van der Waals surface area contributed by atoms with Crippen LogP contribution in [0.4, 0.5) is 5.82 Å². The van der Waals surface area contributed by atoms with Crippen molar-refractivity contribution in [2.45, 2.75) is 32.8 Å². The van der Waals surface area contributed by atoms with Gasteiger partial charge in [-0.15, -0.1) is 11.3 Å². The molecule has 6 heteroatoms. The Labute approximate surface area is 138 Å². The third kappa shape index (κ3) is 3.62. The van der Waals surface area contributed by atoms with Crippen molar-refractivity contribution in [3.63, 3.8) is 0 Å². The average Bonchev–Trinajstić information content (AvgIpc) is 2.91. The summed E-state index contributed by atoms with van der Waals surface area (Å²) < 4.78 is 6.06. The summed E-state index contributed by atoms with van der Waals surface area (Å²) in [5, 5.41) is 3.09. The van der Waals surface area contributed by atoms with Crippen LogP contribution < -0.4 is 5.32 Å². The Bertz CT molecular complexity index is 634. The zero-order valence-corrected chi connectivity index (χ0v) is 15.4. The van der Waals surface area contributed by atoms with Gasteiger partial charge in [0, 0.05) is 19.0 Å². The summed E-state index contributed by atoms with van der Waals surface area (Å²) in [6.45, 7) is 7.07. The van der Waals surface area contributed by atoms with Gasteiger partial charge in [0.2, 0.25) is 0 Å². The quantitative estimate of drug-likeness (QED) is 0.864. The first kappa shape index (κ1) is 16.4. The fourth-order valence-electron chi connectivity index (χ4n) is 1.86. The van der Waals surface area contributed by atoms with Crippen molar-refractivity contribution in [3.8, 4) is 10.7 Å². The molecule has 0 atom stereocenters. The second kappa shape index (κ2) is 6.42. The Morgan fingerprint density at radius 3 is 2.52 bits per heavy atom. The first-order valence-corrected chi connectivity index (χ1v) is 8.31. The molecule has 0 spiro atoms. The normalized spacial score (nSPS) is 11.7. The van der Waals surface area contributed by atoms with E-state index >= 15 is 0 Å². The van der Waals surface area contributed by atoms with E-state index in [1.54, 1.807) is 18.4 Å². The molecular formula is C15H20BrN3OS. The van der Waals surface area contributed by atoms with Gasteiger partial charge in [-0.1, -0.05) is 20.8 Å².